The molecule has 1 amide bonds. The number of anilines is 1. The van der Waals surface area contributed by atoms with Crippen molar-refractivity contribution in [1.29, 1.82) is 5.26 Å². The minimum Gasteiger partial charge on any atom is -0.467 e. The highest BCUT2D eigenvalue weighted by atomic mass is 16.3. The number of likely N-dealkylation sites (N-methyl/N-ethyl adjacent to an activating group) is 2. The summed E-state index contributed by atoms with van der Waals surface area (Å²) >= 11 is 0. The second-order valence-corrected chi connectivity index (χ2v) is 8.71. The molecule has 1 atom stereocenters. The smallest absolute Gasteiger partial charge is 0.239 e. The molecule has 1 fully saturated rings. The van der Waals surface area contributed by atoms with Gasteiger partial charge in [0.1, 0.15) is 17.6 Å². The van der Waals surface area contributed by atoms with Crippen LogP contribution in [0.3, 0.4) is 0 Å². The lowest BCUT2D eigenvalue weighted by Crippen LogP contribution is -2.48. The Bertz CT molecular complexity index is 938. The summed E-state index contributed by atoms with van der Waals surface area (Å²) in [5.74, 6) is 0.997. The number of amides is 1. The van der Waals surface area contributed by atoms with E-state index < -0.39 is 6.10 Å². The van der Waals surface area contributed by atoms with Crippen molar-refractivity contribution in [1.82, 2.24) is 19.3 Å². The summed E-state index contributed by atoms with van der Waals surface area (Å²) in [5, 5.41) is 23.0. The number of piperazine rings is 1. The van der Waals surface area contributed by atoms with Crippen LogP contribution in [0, 0.1) is 25.2 Å². The third-order valence-electron chi connectivity index (χ3n) is 6.09. The minimum atomic E-state index is -0.529. The number of nitrogens with zero attached hydrogens (tertiary/aromatic N) is 5. The number of β-amino-alcohol motifs (C(OH)–C–C–N with tert-alkyl or cyclic N) is 1. The van der Waals surface area contributed by atoms with Gasteiger partial charge < -0.3 is 24.3 Å². The van der Waals surface area contributed by atoms with Gasteiger partial charge in [-0.25, -0.2) is 0 Å². The predicted molar refractivity (Wildman–Crippen MR) is 123 cm³/mol. The Kier molecular flexibility index (Phi) is 8.10. The molecule has 2 aromatic rings. The first-order chi connectivity index (χ1) is 15.3. The molecule has 0 bridgehead atoms. The molecule has 0 radical (unpaired) electrons. The van der Waals surface area contributed by atoms with Crippen molar-refractivity contribution in [3.63, 3.8) is 0 Å². The van der Waals surface area contributed by atoms with Crippen LogP contribution in [0.4, 0.5) is 5.82 Å². The quantitative estimate of drug-likeness (QED) is 0.600. The van der Waals surface area contributed by atoms with Crippen LogP contribution >= 0.6 is 0 Å². The molecular formula is C23H34N6O3. The molecule has 2 aromatic heterocycles. The molecule has 9 heteroatoms. The molecule has 0 aromatic carbocycles. The molecule has 32 heavy (non-hydrogen) atoms. The van der Waals surface area contributed by atoms with Crippen LogP contribution in [-0.4, -0.2) is 96.3 Å². The summed E-state index contributed by atoms with van der Waals surface area (Å²) in [4.78, 5) is 19.1. The lowest BCUT2D eigenvalue weighted by Gasteiger charge is -2.34. The highest BCUT2D eigenvalue weighted by molar-refractivity contribution is 5.93. The highest BCUT2D eigenvalue weighted by Crippen LogP contribution is 2.27. The van der Waals surface area contributed by atoms with Gasteiger partial charge in [0.05, 0.1) is 31.0 Å². The average Bonchev–Trinajstić information content (AvgIpc) is 3.32. The van der Waals surface area contributed by atoms with Gasteiger partial charge in [0, 0.05) is 45.0 Å². The number of aromatic nitrogens is 1. The number of carbonyl (C=O) groups excluding carboxylic acids is 1. The summed E-state index contributed by atoms with van der Waals surface area (Å²) in [5.41, 5.74) is 2.20. The van der Waals surface area contributed by atoms with Crippen molar-refractivity contribution in [2.24, 2.45) is 0 Å². The molecule has 1 unspecified atom stereocenters. The summed E-state index contributed by atoms with van der Waals surface area (Å²) < 4.78 is 7.35. The Morgan fingerprint density at radius 1 is 1.34 bits per heavy atom. The van der Waals surface area contributed by atoms with Crippen molar-refractivity contribution in [3.8, 4) is 6.07 Å². The van der Waals surface area contributed by atoms with Crippen LogP contribution in [-0.2, 0) is 11.3 Å². The number of nitrogens with one attached hydrogen (secondary N) is 1. The molecule has 1 saturated heterocycles. The summed E-state index contributed by atoms with van der Waals surface area (Å²) in [6.45, 7) is 9.24. The van der Waals surface area contributed by atoms with Crippen molar-refractivity contribution in [3.05, 3.63) is 41.0 Å². The topological polar surface area (TPSA) is 101 Å². The number of aliphatic hydroxyl groups excluding tert-OH is 1. The molecule has 0 spiro atoms. The first-order valence-electron chi connectivity index (χ1n) is 11.0. The Hall–Kier alpha value is -2.64. The second-order valence-electron chi connectivity index (χ2n) is 8.71. The van der Waals surface area contributed by atoms with E-state index in [0.717, 1.165) is 43.2 Å². The van der Waals surface area contributed by atoms with E-state index in [2.05, 4.69) is 28.2 Å². The zero-order chi connectivity index (χ0) is 23.3. The van der Waals surface area contributed by atoms with Gasteiger partial charge in [0.25, 0.3) is 0 Å². The monoisotopic (exact) mass is 442 g/mol. The van der Waals surface area contributed by atoms with Gasteiger partial charge in [-0.05, 0) is 45.6 Å². The van der Waals surface area contributed by atoms with Crippen molar-refractivity contribution < 1.29 is 14.3 Å². The van der Waals surface area contributed by atoms with Gasteiger partial charge in [-0.3, -0.25) is 14.6 Å². The molecule has 174 valence electrons. The van der Waals surface area contributed by atoms with E-state index in [9.17, 15) is 15.2 Å². The van der Waals surface area contributed by atoms with Crippen LogP contribution in [0.15, 0.2) is 22.8 Å². The molecule has 2 N–H and O–H groups in total. The second kappa shape index (κ2) is 10.8. The number of rotatable bonds is 9. The highest BCUT2D eigenvalue weighted by Gasteiger charge is 2.22. The van der Waals surface area contributed by atoms with E-state index in [4.69, 9.17) is 4.42 Å². The van der Waals surface area contributed by atoms with Gasteiger partial charge in [-0.15, -0.1) is 0 Å². The molecule has 3 rings (SSSR count). The van der Waals surface area contributed by atoms with E-state index in [-0.39, 0.29) is 12.5 Å². The first kappa shape index (κ1) is 24.0. The fourth-order valence-electron chi connectivity index (χ4n) is 4.11. The van der Waals surface area contributed by atoms with Gasteiger partial charge in [0.15, 0.2) is 0 Å². The zero-order valence-corrected chi connectivity index (χ0v) is 19.5. The standard InChI is InChI=1S/C23H34N6O3/c1-17-18(2)29(15-20-6-5-11-32-20)23(21(17)12-24)25-22(31)16-27(4)13-19(30)14-28-9-7-26(3)8-10-28/h5-6,11,19,30H,7-10,13-16H2,1-4H3,(H,25,31). The third-order valence-corrected chi connectivity index (χ3v) is 6.09. The number of furan rings is 1. The normalized spacial score (nSPS) is 16.3. The molecular weight excluding hydrogens is 408 g/mol. The molecule has 0 saturated carbocycles. The Balaban J connectivity index is 1.59. The van der Waals surface area contributed by atoms with E-state index in [1.807, 2.05) is 42.5 Å². The summed E-state index contributed by atoms with van der Waals surface area (Å²) in [6.07, 6.45) is 1.07. The largest absolute Gasteiger partial charge is 0.467 e. The van der Waals surface area contributed by atoms with Crippen LogP contribution < -0.4 is 5.32 Å². The van der Waals surface area contributed by atoms with E-state index in [1.165, 1.54) is 0 Å². The Labute approximate surface area is 189 Å². The summed E-state index contributed by atoms with van der Waals surface area (Å²) in [6, 6.07) is 5.89. The van der Waals surface area contributed by atoms with Crippen molar-refractivity contribution in [2.75, 3.05) is 65.2 Å². The van der Waals surface area contributed by atoms with E-state index in [1.54, 1.807) is 6.26 Å². The molecule has 0 aliphatic carbocycles. The number of hydrogen-bond donors (Lipinski definition) is 2. The van der Waals surface area contributed by atoms with Crippen molar-refractivity contribution in [2.45, 2.75) is 26.5 Å². The van der Waals surface area contributed by atoms with Gasteiger partial charge >= 0.3 is 0 Å². The minimum absolute atomic E-state index is 0.120. The van der Waals surface area contributed by atoms with Crippen LogP contribution in [0.2, 0.25) is 0 Å². The molecule has 3 heterocycles. The number of nitriles is 1. The first-order valence-corrected chi connectivity index (χ1v) is 11.0. The molecule has 9 nitrogen and oxygen atoms in total. The number of carbonyl (C=O) groups is 1. The maximum atomic E-state index is 12.8. The van der Waals surface area contributed by atoms with E-state index >= 15 is 0 Å². The van der Waals surface area contributed by atoms with Gasteiger partial charge in [-0.1, -0.05) is 0 Å². The van der Waals surface area contributed by atoms with Gasteiger partial charge in [-0.2, -0.15) is 5.26 Å². The number of hydrogen-bond acceptors (Lipinski definition) is 7. The zero-order valence-electron chi connectivity index (χ0n) is 19.5. The average molecular weight is 443 g/mol. The maximum absolute atomic E-state index is 12.8. The molecule has 1 aliphatic heterocycles. The summed E-state index contributed by atoms with van der Waals surface area (Å²) in [7, 11) is 3.92. The third kappa shape index (κ3) is 5.99. The Morgan fingerprint density at radius 3 is 2.69 bits per heavy atom. The fraction of sp³-hybridized carbons (Fsp3) is 0.565. The number of aliphatic hydroxyl groups is 1. The Morgan fingerprint density at radius 2 is 2.06 bits per heavy atom. The maximum Gasteiger partial charge on any atom is 0.239 e. The lowest BCUT2D eigenvalue weighted by atomic mass is 10.2. The molecule has 1 aliphatic rings. The SMILES string of the molecule is Cc1c(C#N)c(NC(=O)CN(C)CC(O)CN2CCN(C)CC2)n(Cc2ccco2)c1C. The van der Waals surface area contributed by atoms with Crippen LogP contribution in [0.25, 0.3) is 0 Å². The van der Waals surface area contributed by atoms with E-state index in [0.29, 0.717) is 31.0 Å². The van der Waals surface area contributed by atoms with Crippen LogP contribution in [0.5, 0.6) is 0 Å². The van der Waals surface area contributed by atoms with Gasteiger partial charge in [0.2, 0.25) is 5.91 Å². The lowest BCUT2D eigenvalue weighted by molar-refractivity contribution is -0.117. The predicted octanol–water partition coefficient (Wildman–Crippen LogP) is 1.10. The van der Waals surface area contributed by atoms with Crippen LogP contribution in [0.1, 0.15) is 22.6 Å². The van der Waals surface area contributed by atoms with Crippen molar-refractivity contribution >= 4 is 11.7 Å². The fourth-order valence-corrected chi connectivity index (χ4v) is 4.11.